The van der Waals surface area contributed by atoms with E-state index in [1.54, 1.807) is 0 Å². The molecule has 0 heterocycles. The maximum absolute atomic E-state index is 14.1. The number of phenolic OH excluding ortho intramolecular Hbond substituents is 3. The number of rotatable bonds is 47. The first-order chi connectivity index (χ1) is 46.9. The Balaban J connectivity index is 1.38. The number of Topliss-reactive ketones (excluding diaryl/α,β-unsaturated/α-hetero) is 3. The van der Waals surface area contributed by atoms with Crippen molar-refractivity contribution in [2.45, 2.75) is 301 Å². The van der Waals surface area contributed by atoms with Gasteiger partial charge in [-0.25, -0.2) is 0 Å². The number of benzene rings is 6. The van der Waals surface area contributed by atoms with Crippen molar-refractivity contribution in [3.63, 3.8) is 0 Å². The molecule has 0 radical (unpaired) electrons. The summed E-state index contributed by atoms with van der Waals surface area (Å²) in [5.74, 6) is 3.63. The molecule has 0 saturated heterocycles. The molecule has 6 aromatic carbocycles. The number of aryl methyl sites for hydroxylation is 12. The highest BCUT2D eigenvalue weighted by molar-refractivity contribution is 5.98. The van der Waals surface area contributed by atoms with Crippen LogP contribution in [0.15, 0.2) is 72.8 Å². The van der Waals surface area contributed by atoms with Gasteiger partial charge in [-0.05, 0) is 287 Å². The van der Waals surface area contributed by atoms with Gasteiger partial charge in [0.05, 0.1) is 19.8 Å². The molecule has 0 spiro atoms. The molecule has 0 fully saturated rings. The van der Waals surface area contributed by atoms with E-state index in [2.05, 4.69) is 126 Å². The van der Waals surface area contributed by atoms with Gasteiger partial charge in [0.25, 0.3) is 0 Å². The molecule has 97 heavy (non-hydrogen) atoms. The summed E-state index contributed by atoms with van der Waals surface area (Å²) in [5.41, 5.74) is 17.7. The first-order valence-electron chi connectivity index (χ1n) is 38.3. The third-order valence-electron chi connectivity index (χ3n) is 19.9. The number of carbonyl (C=O) groups is 3. The van der Waals surface area contributed by atoms with Crippen molar-refractivity contribution in [3.8, 4) is 34.5 Å². The summed E-state index contributed by atoms with van der Waals surface area (Å²) in [4.78, 5) is 42.3. The quantitative estimate of drug-likeness (QED) is 0.0319. The van der Waals surface area contributed by atoms with Crippen molar-refractivity contribution < 1.29 is 43.9 Å². The summed E-state index contributed by atoms with van der Waals surface area (Å²) in [6, 6.07) is 25.3. The lowest BCUT2D eigenvalue weighted by molar-refractivity contribution is 0.0953. The number of phenols is 3. The second-order valence-corrected chi connectivity index (χ2v) is 28.1. The maximum atomic E-state index is 14.1. The van der Waals surface area contributed by atoms with E-state index in [1.165, 1.54) is 16.7 Å². The Morgan fingerprint density at radius 1 is 0.320 bits per heavy atom. The minimum atomic E-state index is -0.0380. The number of aromatic hydroxyl groups is 3. The van der Waals surface area contributed by atoms with Crippen LogP contribution in [0.3, 0.4) is 0 Å². The van der Waals surface area contributed by atoms with Gasteiger partial charge in [-0.2, -0.15) is 0 Å². The molecule has 0 amide bonds. The van der Waals surface area contributed by atoms with Crippen LogP contribution in [0, 0.1) is 20.8 Å². The van der Waals surface area contributed by atoms with Gasteiger partial charge in [-0.3, -0.25) is 14.4 Å². The molecule has 0 bridgehead atoms. The van der Waals surface area contributed by atoms with Gasteiger partial charge in [0.15, 0.2) is 17.3 Å². The summed E-state index contributed by atoms with van der Waals surface area (Å²) in [6.45, 7) is 29.3. The number of hydrogen-bond acceptors (Lipinski definition) is 9. The zero-order chi connectivity index (χ0) is 70.4. The Morgan fingerprint density at radius 3 is 0.773 bits per heavy atom. The monoisotopic (exact) mass is 1320 g/mol. The molecule has 3 N–H and O–H groups in total. The van der Waals surface area contributed by atoms with Gasteiger partial charge in [0.1, 0.15) is 34.5 Å². The van der Waals surface area contributed by atoms with Crippen LogP contribution in [-0.2, 0) is 57.8 Å². The summed E-state index contributed by atoms with van der Waals surface area (Å²) in [5, 5.41) is 33.7. The molecule has 0 aliphatic heterocycles. The number of unbranched alkanes of at least 4 members (excludes halogenated alkanes) is 9. The molecule has 0 aromatic heterocycles. The van der Waals surface area contributed by atoms with E-state index in [1.807, 2.05) is 36.4 Å². The van der Waals surface area contributed by atoms with Crippen LogP contribution in [0.4, 0.5) is 0 Å². The summed E-state index contributed by atoms with van der Waals surface area (Å²) < 4.78 is 20.2. The molecular formula is C88H124O9. The lowest BCUT2D eigenvalue weighted by Gasteiger charge is -2.29. The topological polar surface area (TPSA) is 140 Å². The average Bonchev–Trinajstić information content (AvgIpc) is 0.787. The van der Waals surface area contributed by atoms with Crippen molar-refractivity contribution in [1.29, 1.82) is 0 Å². The molecule has 1 unspecified atom stereocenters. The summed E-state index contributed by atoms with van der Waals surface area (Å²) in [7, 11) is 0. The smallest absolute Gasteiger partial charge is 0.166 e. The van der Waals surface area contributed by atoms with Gasteiger partial charge in [-0.15, -0.1) is 0 Å². The van der Waals surface area contributed by atoms with Crippen LogP contribution in [0.25, 0.3) is 0 Å². The van der Waals surface area contributed by atoms with Gasteiger partial charge in [-0.1, -0.05) is 145 Å². The second kappa shape index (κ2) is 41.5. The molecule has 9 heteroatoms. The Labute approximate surface area is 586 Å². The van der Waals surface area contributed by atoms with E-state index in [4.69, 9.17) is 14.2 Å². The highest BCUT2D eigenvalue weighted by Gasteiger charge is 2.28. The maximum Gasteiger partial charge on any atom is 0.166 e. The molecule has 0 aliphatic rings. The summed E-state index contributed by atoms with van der Waals surface area (Å²) >= 11 is 0. The normalized spacial score (nSPS) is 11.8. The van der Waals surface area contributed by atoms with Crippen molar-refractivity contribution in [2.75, 3.05) is 19.8 Å². The molecule has 6 aromatic rings. The lowest BCUT2D eigenvalue weighted by atomic mass is 9.76. The zero-order valence-electron chi connectivity index (χ0n) is 62.4. The summed E-state index contributed by atoms with van der Waals surface area (Å²) in [6.07, 6.45) is 26.2. The molecule has 9 nitrogen and oxygen atoms in total. The predicted octanol–water partition coefficient (Wildman–Crippen LogP) is 23.1. The highest BCUT2D eigenvalue weighted by Crippen LogP contribution is 2.44. The van der Waals surface area contributed by atoms with E-state index < -0.39 is 0 Å². The molecular weight excluding hydrogens is 1200 g/mol. The average molecular weight is 1330 g/mol. The molecule has 0 aliphatic carbocycles. The highest BCUT2D eigenvalue weighted by atomic mass is 16.5. The van der Waals surface area contributed by atoms with Gasteiger partial charge in [0, 0.05) is 41.9 Å². The number of hydrogen-bond donors (Lipinski definition) is 3. The Bertz CT molecular complexity index is 3240. The third-order valence-corrected chi connectivity index (χ3v) is 19.9. The van der Waals surface area contributed by atoms with Gasteiger partial charge < -0.3 is 29.5 Å². The van der Waals surface area contributed by atoms with E-state index >= 15 is 0 Å². The van der Waals surface area contributed by atoms with Gasteiger partial charge >= 0.3 is 0 Å². The number of ether oxygens (including phenoxy) is 3. The second-order valence-electron chi connectivity index (χ2n) is 28.1. The van der Waals surface area contributed by atoms with E-state index in [0.717, 1.165) is 264 Å². The lowest BCUT2D eigenvalue weighted by Crippen LogP contribution is -2.14. The number of ketones is 3. The SMILES string of the molecule is CCCCc1cc(C(C)CC(c2cc(CCCC)c(OCCC(=O)c3cc(CCCC)c(O)c(CCCC)c3)cc2C)c2cc(CCCC)c(OCCC(=O)c3cc(CCCC)c(O)c(CCCC)c3)cc2C)c(C)cc1OCCC(=O)c1cc(CCCC)c(O)c(CCCC)c1. The Morgan fingerprint density at radius 2 is 0.536 bits per heavy atom. The fourth-order valence-electron chi connectivity index (χ4n) is 13.8. The van der Waals surface area contributed by atoms with Crippen molar-refractivity contribution in [3.05, 3.63) is 173 Å². The minimum Gasteiger partial charge on any atom is -0.507 e. The fraction of sp³-hybridized carbons (Fsp3) is 0.557. The van der Waals surface area contributed by atoms with Crippen LogP contribution in [0.2, 0.25) is 0 Å². The number of carbonyl (C=O) groups excluding carboxylic acids is 3. The largest absolute Gasteiger partial charge is 0.507 e. The van der Waals surface area contributed by atoms with Crippen LogP contribution < -0.4 is 14.2 Å². The van der Waals surface area contributed by atoms with Crippen molar-refractivity contribution >= 4 is 17.3 Å². The molecule has 6 rings (SSSR count). The zero-order valence-corrected chi connectivity index (χ0v) is 62.4. The molecule has 0 saturated carbocycles. The first kappa shape index (κ1) is 79.1. The van der Waals surface area contributed by atoms with E-state index in [-0.39, 0.29) is 68.3 Å². The third kappa shape index (κ3) is 23.1. The van der Waals surface area contributed by atoms with Crippen LogP contribution >= 0.6 is 0 Å². The molecule has 1 atom stereocenters. The Hall–Kier alpha value is -6.87. The van der Waals surface area contributed by atoms with Crippen LogP contribution in [0.5, 0.6) is 34.5 Å². The van der Waals surface area contributed by atoms with Crippen molar-refractivity contribution in [2.24, 2.45) is 0 Å². The van der Waals surface area contributed by atoms with Crippen molar-refractivity contribution in [1.82, 2.24) is 0 Å². The predicted molar refractivity (Wildman–Crippen MR) is 404 cm³/mol. The van der Waals surface area contributed by atoms with Gasteiger partial charge in [0.2, 0.25) is 0 Å². The first-order valence-corrected chi connectivity index (χ1v) is 38.3. The fourth-order valence-corrected chi connectivity index (χ4v) is 13.8. The van der Waals surface area contributed by atoms with E-state index in [9.17, 15) is 29.7 Å². The minimum absolute atomic E-state index is 0.0206. The Kier molecular flexibility index (Phi) is 33.9. The van der Waals surface area contributed by atoms with E-state index in [0.29, 0.717) is 33.9 Å². The van der Waals surface area contributed by atoms with Crippen LogP contribution in [-0.4, -0.2) is 52.5 Å². The standard InChI is InChI=1S/C88H124O9/c1-14-23-32-64-57-76(61(11)48-83(64)95-44-41-80(89)73-51-67(35-26-17-4)86(92)68(52-73)36-27-18-5)60(10)47-79(77-58-65(33-24-15-2)84(49-62(77)12)96-45-42-81(90)74-53-69(37-28-19-6)87(93)70(54-74)38-29-20-7)78-59-66(34-25-16-3)85(50-63(78)13)97-46-43-82(91)75-55-71(39-30-21-8)88(94)72(56-75)40-31-22-9/h48-60,79,92-94H,14-47H2,1-13H3. The molecule has 530 valence electrons. The van der Waals surface area contributed by atoms with Crippen LogP contribution in [0.1, 0.15) is 337 Å².